The predicted molar refractivity (Wildman–Crippen MR) is 73.4 cm³/mol. The molecular weight excluding hydrogens is 260 g/mol. The van der Waals surface area contributed by atoms with Crippen LogP contribution in [0.5, 0.6) is 0 Å². The van der Waals surface area contributed by atoms with Gasteiger partial charge in [-0.05, 0) is 25.3 Å². The van der Waals surface area contributed by atoms with E-state index >= 15 is 0 Å². The molecule has 0 bridgehead atoms. The number of nitrogens with one attached hydrogen (secondary N) is 1. The molecule has 0 unspecified atom stereocenters. The zero-order valence-electron chi connectivity index (χ0n) is 11.2. The highest BCUT2D eigenvalue weighted by Gasteiger charge is 2.08. The summed E-state index contributed by atoms with van der Waals surface area (Å²) in [6, 6.07) is 1.52. The van der Waals surface area contributed by atoms with Crippen molar-refractivity contribution in [2.75, 3.05) is 11.9 Å². The Kier molecular flexibility index (Phi) is 4.59. The van der Waals surface area contributed by atoms with Crippen molar-refractivity contribution in [1.29, 1.82) is 0 Å². The minimum atomic E-state index is -0.442. The van der Waals surface area contributed by atoms with E-state index in [2.05, 4.69) is 20.5 Å². The van der Waals surface area contributed by atoms with E-state index in [-0.39, 0.29) is 5.69 Å². The van der Waals surface area contributed by atoms with Crippen LogP contribution in [-0.2, 0) is 6.54 Å². The Balaban J connectivity index is 1.75. The summed E-state index contributed by atoms with van der Waals surface area (Å²) in [5.41, 5.74) is 0.790. The van der Waals surface area contributed by atoms with Crippen molar-refractivity contribution in [3.05, 3.63) is 40.6 Å². The van der Waals surface area contributed by atoms with E-state index in [1.54, 1.807) is 19.6 Å². The zero-order valence-corrected chi connectivity index (χ0v) is 11.2. The number of hydrogen-bond acceptors (Lipinski definition) is 6. The summed E-state index contributed by atoms with van der Waals surface area (Å²) in [6.45, 7) is 3.45. The third-order valence-corrected chi connectivity index (χ3v) is 2.88. The van der Waals surface area contributed by atoms with Gasteiger partial charge in [0.1, 0.15) is 24.7 Å². The first-order valence-corrected chi connectivity index (χ1v) is 6.34. The van der Waals surface area contributed by atoms with Crippen molar-refractivity contribution < 1.29 is 4.92 Å². The highest BCUT2D eigenvalue weighted by atomic mass is 16.6. The van der Waals surface area contributed by atoms with Crippen LogP contribution in [0.3, 0.4) is 0 Å². The Morgan fingerprint density at radius 2 is 2.10 bits per heavy atom. The van der Waals surface area contributed by atoms with Crippen molar-refractivity contribution in [2.24, 2.45) is 0 Å². The second-order valence-electron chi connectivity index (χ2n) is 4.45. The van der Waals surface area contributed by atoms with Crippen molar-refractivity contribution in [3.63, 3.8) is 0 Å². The summed E-state index contributed by atoms with van der Waals surface area (Å²) in [5.74, 6) is 0.694. The lowest BCUT2D eigenvalue weighted by Gasteiger charge is -2.08. The molecule has 0 aromatic carbocycles. The van der Waals surface area contributed by atoms with Crippen molar-refractivity contribution >= 4 is 11.5 Å². The Labute approximate surface area is 116 Å². The van der Waals surface area contributed by atoms with Gasteiger partial charge in [-0.15, -0.1) is 10.2 Å². The van der Waals surface area contributed by atoms with Gasteiger partial charge in [-0.25, -0.2) is 4.98 Å². The van der Waals surface area contributed by atoms with Gasteiger partial charge in [0, 0.05) is 19.2 Å². The molecule has 0 radical (unpaired) electrons. The molecule has 0 fully saturated rings. The molecule has 0 spiro atoms. The molecule has 106 valence electrons. The molecule has 2 rings (SSSR count). The van der Waals surface area contributed by atoms with E-state index in [0.717, 1.165) is 31.5 Å². The number of nitrogens with zero attached hydrogens (tertiary/aromatic N) is 5. The highest BCUT2D eigenvalue weighted by Crippen LogP contribution is 2.17. The first kappa shape index (κ1) is 13.9. The fraction of sp³-hybridized carbons (Fsp3) is 0.417. The average Bonchev–Trinajstić information content (AvgIpc) is 2.93. The Morgan fingerprint density at radius 1 is 1.35 bits per heavy atom. The lowest BCUT2D eigenvalue weighted by atomic mass is 10.2. The first-order chi connectivity index (χ1) is 9.66. The Hall–Kier alpha value is -2.51. The standard InChI is InChI=1S/C12H16N6O2/c1-10-6-11(18(19)20)7-14-12(10)13-4-2-3-5-17-8-15-16-9-17/h6-9H,2-5H2,1H3,(H,13,14). The van der Waals surface area contributed by atoms with Gasteiger partial charge in [0.2, 0.25) is 0 Å². The molecule has 0 atom stereocenters. The van der Waals surface area contributed by atoms with Gasteiger partial charge in [-0.2, -0.15) is 0 Å². The maximum atomic E-state index is 10.6. The van der Waals surface area contributed by atoms with Crippen LogP contribution in [0.15, 0.2) is 24.9 Å². The number of nitro groups is 1. The Morgan fingerprint density at radius 3 is 2.75 bits per heavy atom. The summed E-state index contributed by atoms with van der Waals surface area (Å²) < 4.78 is 1.93. The van der Waals surface area contributed by atoms with E-state index < -0.39 is 4.92 Å². The van der Waals surface area contributed by atoms with Gasteiger partial charge in [-0.3, -0.25) is 10.1 Å². The maximum absolute atomic E-state index is 10.6. The smallest absolute Gasteiger partial charge is 0.287 e. The van der Waals surface area contributed by atoms with E-state index in [9.17, 15) is 10.1 Å². The number of hydrogen-bond donors (Lipinski definition) is 1. The average molecular weight is 276 g/mol. The zero-order chi connectivity index (χ0) is 14.4. The molecule has 20 heavy (non-hydrogen) atoms. The van der Waals surface area contributed by atoms with E-state index in [0.29, 0.717) is 5.82 Å². The number of aryl methyl sites for hydroxylation is 2. The van der Waals surface area contributed by atoms with Gasteiger partial charge in [-0.1, -0.05) is 0 Å². The molecule has 2 heterocycles. The van der Waals surface area contributed by atoms with Crippen LogP contribution in [0.4, 0.5) is 11.5 Å². The molecule has 2 aromatic rings. The second-order valence-corrected chi connectivity index (χ2v) is 4.45. The van der Waals surface area contributed by atoms with Gasteiger partial charge in [0.15, 0.2) is 0 Å². The highest BCUT2D eigenvalue weighted by molar-refractivity contribution is 5.48. The topological polar surface area (TPSA) is 98.8 Å². The summed E-state index contributed by atoms with van der Waals surface area (Å²) in [6.07, 6.45) is 6.62. The van der Waals surface area contributed by atoms with Crippen LogP contribution < -0.4 is 5.32 Å². The van der Waals surface area contributed by atoms with Crippen LogP contribution in [0, 0.1) is 17.0 Å². The van der Waals surface area contributed by atoms with Crippen LogP contribution in [0.25, 0.3) is 0 Å². The molecule has 0 amide bonds. The van der Waals surface area contributed by atoms with Gasteiger partial charge >= 0.3 is 0 Å². The lowest BCUT2D eigenvalue weighted by Crippen LogP contribution is -2.06. The number of unbranched alkanes of at least 4 members (excludes halogenated alkanes) is 1. The maximum Gasteiger partial charge on any atom is 0.287 e. The largest absolute Gasteiger partial charge is 0.370 e. The molecule has 0 aliphatic heterocycles. The summed E-state index contributed by atoms with van der Waals surface area (Å²) in [4.78, 5) is 14.2. The number of aromatic nitrogens is 4. The number of pyridine rings is 1. The fourth-order valence-corrected chi connectivity index (χ4v) is 1.81. The predicted octanol–water partition coefficient (Wildman–Crippen LogP) is 1.78. The molecule has 8 heteroatoms. The van der Waals surface area contributed by atoms with Crippen LogP contribution in [0.1, 0.15) is 18.4 Å². The van der Waals surface area contributed by atoms with Gasteiger partial charge in [0.05, 0.1) is 4.92 Å². The monoisotopic (exact) mass is 276 g/mol. The van der Waals surface area contributed by atoms with Crippen molar-refractivity contribution in [3.8, 4) is 0 Å². The molecule has 1 N–H and O–H groups in total. The van der Waals surface area contributed by atoms with Crippen molar-refractivity contribution in [2.45, 2.75) is 26.3 Å². The minimum Gasteiger partial charge on any atom is -0.370 e. The first-order valence-electron chi connectivity index (χ1n) is 6.34. The third kappa shape index (κ3) is 3.74. The van der Waals surface area contributed by atoms with E-state index in [4.69, 9.17) is 0 Å². The van der Waals surface area contributed by atoms with Gasteiger partial charge in [0.25, 0.3) is 5.69 Å². The summed E-state index contributed by atoms with van der Waals surface area (Å²) in [7, 11) is 0. The minimum absolute atomic E-state index is 0.0145. The SMILES string of the molecule is Cc1cc([N+](=O)[O-])cnc1NCCCCn1cnnc1. The molecule has 0 saturated heterocycles. The molecule has 0 saturated carbocycles. The second kappa shape index (κ2) is 6.60. The fourth-order valence-electron chi connectivity index (χ4n) is 1.81. The van der Waals surface area contributed by atoms with E-state index in [1.807, 2.05) is 4.57 Å². The summed E-state index contributed by atoms with van der Waals surface area (Å²) >= 11 is 0. The molecule has 8 nitrogen and oxygen atoms in total. The normalized spacial score (nSPS) is 10.4. The van der Waals surface area contributed by atoms with Gasteiger partial charge < -0.3 is 9.88 Å². The molecular formula is C12H16N6O2. The van der Waals surface area contributed by atoms with Crippen LogP contribution in [0.2, 0.25) is 0 Å². The number of anilines is 1. The van der Waals surface area contributed by atoms with E-state index in [1.165, 1.54) is 12.3 Å². The number of rotatable bonds is 7. The summed E-state index contributed by atoms with van der Waals surface area (Å²) in [5, 5.41) is 21.3. The lowest BCUT2D eigenvalue weighted by molar-refractivity contribution is -0.385. The van der Waals surface area contributed by atoms with Crippen LogP contribution in [-0.4, -0.2) is 31.2 Å². The van der Waals surface area contributed by atoms with Crippen LogP contribution >= 0.6 is 0 Å². The van der Waals surface area contributed by atoms with Crippen molar-refractivity contribution in [1.82, 2.24) is 19.7 Å². The third-order valence-electron chi connectivity index (χ3n) is 2.88. The molecule has 2 aromatic heterocycles. The Bertz CT molecular complexity index is 569. The molecule has 0 aliphatic carbocycles. The molecule has 0 aliphatic rings. The quantitative estimate of drug-likeness (QED) is 0.470.